The molecule has 1 saturated carbocycles. The summed E-state index contributed by atoms with van der Waals surface area (Å²) in [5.74, 6) is 0.667. The molecule has 0 saturated heterocycles. The van der Waals surface area contributed by atoms with Gasteiger partial charge in [-0.05, 0) is 18.4 Å². The molecule has 2 N–H and O–H groups in total. The van der Waals surface area contributed by atoms with Crippen molar-refractivity contribution in [2.45, 2.75) is 25.4 Å². The molecule has 0 radical (unpaired) electrons. The van der Waals surface area contributed by atoms with E-state index in [2.05, 4.69) is 20.6 Å². The normalized spacial score (nSPS) is 13.7. The Bertz CT molecular complexity index is 643. The van der Waals surface area contributed by atoms with Gasteiger partial charge in [0.1, 0.15) is 6.20 Å². The third-order valence-electron chi connectivity index (χ3n) is 3.18. The molecule has 0 unspecified atom stereocenters. The number of benzene rings is 1. The quantitative estimate of drug-likeness (QED) is 0.626. The molecule has 0 atom stereocenters. The van der Waals surface area contributed by atoms with Crippen LogP contribution in [-0.4, -0.2) is 20.9 Å². The lowest BCUT2D eigenvalue weighted by Gasteiger charge is -2.08. The molecule has 1 aromatic carbocycles. The van der Waals surface area contributed by atoms with E-state index >= 15 is 0 Å². The molecule has 1 aromatic heterocycles. The molecule has 3 rings (SSSR count). The van der Waals surface area contributed by atoms with Crippen LogP contribution in [0.4, 0.5) is 17.5 Å². The molecule has 108 valence electrons. The van der Waals surface area contributed by atoms with Gasteiger partial charge in [0.15, 0.2) is 0 Å². The van der Waals surface area contributed by atoms with Crippen molar-refractivity contribution in [1.82, 2.24) is 9.97 Å². The second-order valence-corrected chi connectivity index (χ2v) is 4.94. The molecule has 7 heteroatoms. The van der Waals surface area contributed by atoms with Crippen LogP contribution in [0.1, 0.15) is 18.4 Å². The summed E-state index contributed by atoms with van der Waals surface area (Å²) >= 11 is 0. The second-order valence-electron chi connectivity index (χ2n) is 4.94. The van der Waals surface area contributed by atoms with Crippen LogP contribution in [0.3, 0.4) is 0 Å². The first-order valence-corrected chi connectivity index (χ1v) is 6.78. The summed E-state index contributed by atoms with van der Waals surface area (Å²) < 4.78 is 0. The van der Waals surface area contributed by atoms with Crippen LogP contribution in [0, 0.1) is 10.1 Å². The van der Waals surface area contributed by atoms with Gasteiger partial charge in [-0.1, -0.05) is 30.3 Å². The average Bonchev–Trinajstić information content (AvgIpc) is 3.30. The number of hydrogen-bond acceptors (Lipinski definition) is 6. The van der Waals surface area contributed by atoms with Gasteiger partial charge in [-0.2, -0.15) is 4.98 Å². The van der Waals surface area contributed by atoms with E-state index in [1.54, 1.807) is 0 Å². The van der Waals surface area contributed by atoms with Gasteiger partial charge in [0.2, 0.25) is 11.8 Å². The molecule has 1 aliphatic rings. The van der Waals surface area contributed by atoms with Crippen molar-refractivity contribution in [3.8, 4) is 0 Å². The van der Waals surface area contributed by atoms with E-state index in [0.29, 0.717) is 18.5 Å². The van der Waals surface area contributed by atoms with Crippen molar-refractivity contribution in [1.29, 1.82) is 0 Å². The Kier molecular flexibility index (Phi) is 3.63. The summed E-state index contributed by atoms with van der Waals surface area (Å²) in [7, 11) is 0. The standard InChI is InChI=1S/C14H15N5O2/c20-19(21)12-9-16-14(18-13(12)17-11-6-7-11)15-8-10-4-2-1-3-5-10/h1-5,9,11H,6-8H2,(H2,15,16,17,18). The first-order chi connectivity index (χ1) is 10.2. The Labute approximate surface area is 121 Å². The van der Waals surface area contributed by atoms with Crippen LogP contribution in [0.15, 0.2) is 36.5 Å². The fraction of sp³-hybridized carbons (Fsp3) is 0.286. The highest BCUT2D eigenvalue weighted by atomic mass is 16.6. The van der Waals surface area contributed by atoms with Crippen LogP contribution in [0.2, 0.25) is 0 Å². The second kappa shape index (κ2) is 5.74. The number of nitro groups is 1. The van der Waals surface area contributed by atoms with E-state index in [-0.39, 0.29) is 11.5 Å². The summed E-state index contributed by atoms with van der Waals surface area (Å²) in [6.07, 6.45) is 3.28. The minimum atomic E-state index is -0.467. The lowest BCUT2D eigenvalue weighted by molar-refractivity contribution is -0.384. The highest BCUT2D eigenvalue weighted by Gasteiger charge is 2.26. The number of nitrogens with one attached hydrogen (secondary N) is 2. The SMILES string of the molecule is O=[N+]([O-])c1cnc(NCc2ccccc2)nc1NC1CC1. The van der Waals surface area contributed by atoms with E-state index in [1.165, 1.54) is 6.20 Å². The minimum Gasteiger partial charge on any atom is -0.361 e. The molecular formula is C14H15N5O2. The van der Waals surface area contributed by atoms with Crippen molar-refractivity contribution in [3.63, 3.8) is 0 Å². The van der Waals surface area contributed by atoms with Gasteiger partial charge in [0.25, 0.3) is 0 Å². The Morgan fingerprint density at radius 2 is 2.05 bits per heavy atom. The van der Waals surface area contributed by atoms with Gasteiger partial charge >= 0.3 is 5.69 Å². The Morgan fingerprint density at radius 1 is 1.29 bits per heavy atom. The molecule has 0 bridgehead atoms. The molecule has 1 heterocycles. The summed E-state index contributed by atoms with van der Waals surface area (Å²) in [5, 5.41) is 17.1. The Balaban J connectivity index is 1.74. The molecule has 21 heavy (non-hydrogen) atoms. The van der Waals surface area contributed by atoms with Crippen LogP contribution < -0.4 is 10.6 Å². The first kappa shape index (κ1) is 13.3. The molecule has 2 aromatic rings. The van der Waals surface area contributed by atoms with Gasteiger partial charge in [-0.3, -0.25) is 10.1 Å². The van der Waals surface area contributed by atoms with Crippen molar-refractivity contribution in [2.75, 3.05) is 10.6 Å². The van der Waals surface area contributed by atoms with E-state index in [4.69, 9.17) is 0 Å². The Morgan fingerprint density at radius 3 is 2.71 bits per heavy atom. The fourth-order valence-corrected chi connectivity index (χ4v) is 1.90. The molecule has 1 fully saturated rings. The molecule has 0 amide bonds. The largest absolute Gasteiger partial charge is 0.361 e. The smallest absolute Gasteiger partial charge is 0.329 e. The maximum atomic E-state index is 11.0. The number of hydrogen-bond donors (Lipinski definition) is 2. The summed E-state index contributed by atoms with van der Waals surface area (Å²) in [6, 6.07) is 10.1. The summed E-state index contributed by atoms with van der Waals surface area (Å²) in [4.78, 5) is 18.7. The van der Waals surface area contributed by atoms with Crippen molar-refractivity contribution >= 4 is 17.5 Å². The van der Waals surface area contributed by atoms with E-state index in [1.807, 2.05) is 30.3 Å². The van der Waals surface area contributed by atoms with Crippen LogP contribution in [-0.2, 0) is 6.54 Å². The number of anilines is 2. The third kappa shape index (κ3) is 3.44. The molecule has 7 nitrogen and oxygen atoms in total. The van der Waals surface area contributed by atoms with Gasteiger partial charge < -0.3 is 10.6 Å². The van der Waals surface area contributed by atoms with E-state index in [9.17, 15) is 10.1 Å². The van der Waals surface area contributed by atoms with Crippen molar-refractivity contribution in [3.05, 3.63) is 52.2 Å². The van der Waals surface area contributed by atoms with Crippen LogP contribution in [0.5, 0.6) is 0 Å². The summed E-state index contributed by atoms with van der Waals surface area (Å²) in [5.41, 5.74) is 1.00. The van der Waals surface area contributed by atoms with Gasteiger partial charge in [0.05, 0.1) is 4.92 Å². The summed E-state index contributed by atoms with van der Waals surface area (Å²) in [6.45, 7) is 0.571. The monoisotopic (exact) mass is 285 g/mol. The number of nitrogens with zero attached hydrogens (tertiary/aromatic N) is 3. The number of rotatable bonds is 6. The van der Waals surface area contributed by atoms with Crippen molar-refractivity contribution < 1.29 is 4.92 Å². The van der Waals surface area contributed by atoms with Crippen LogP contribution in [0.25, 0.3) is 0 Å². The third-order valence-corrected chi connectivity index (χ3v) is 3.18. The fourth-order valence-electron chi connectivity index (χ4n) is 1.90. The highest BCUT2D eigenvalue weighted by molar-refractivity contribution is 5.58. The molecular weight excluding hydrogens is 270 g/mol. The zero-order chi connectivity index (χ0) is 14.7. The Hall–Kier alpha value is -2.70. The molecule has 0 spiro atoms. The topological polar surface area (TPSA) is 93.0 Å². The van der Waals surface area contributed by atoms with E-state index < -0.39 is 4.92 Å². The average molecular weight is 285 g/mol. The number of aromatic nitrogens is 2. The first-order valence-electron chi connectivity index (χ1n) is 6.78. The minimum absolute atomic E-state index is 0.0906. The lowest BCUT2D eigenvalue weighted by Crippen LogP contribution is -2.10. The van der Waals surface area contributed by atoms with Crippen molar-refractivity contribution in [2.24, 2.45) is 0 Å². The predicted molar refractivity (Wildman–Crippen MR) is 79.1 cm³/mol. The zero-order valence-electron chi connectivity index (χ0n) is 11.3. The maximum Gasteiger partial charge on any atom is 0.329 e. The molecule has 0 aliphatic heterocycles. The maximum absolute atomic E-state index is 11.0. The van der Waals surface area contributed by atoms with Crippen LogP contribution >= 0.6 is 0 Å². The van der Waals surface area contributed by atoms with Gasteiger partial charge in [0, 0.05) is 12.6 Å². The van der Waals surface area contributed by atoms with E-state index in [0.717, 1.165) is 18.4 Å². The molecule has 1 aliphatic carbocycles. The predicted octanol–water partition coefficient (Wildman–Crippen LogP) is 2.57. The lowest BCUT2D eigenvalue weighted by atomic mass is 10.2. The van der Waals surface area contributed by atoms with Gasteiger partial charge in [-0.15, -0.1) is 0 Å². The highest BCUT2D eigenvalue weighted by Crippen LogP contribution is 2.29. The van der Waals surface area contributed by atoms with Gasteiger partial charge in [-0.25, -0.2) is 4.98 Å². The zero-order valence-corrected chi connectivity index (χ0v) is 11.3.